The second-order valence-corrected chi connectivity index (χ2v) is 7.85. The van der Waals surface area contributed by atoms with Gasteiger partial charge in [0.05, 0.1) is 11.4 Å². The van der Waals surface area contributed by atoms with E-state index < -0.39 is 0 Å². The number of fused-ring (bicyclic) bond motifs is 1. The Morgan fingerprint density at radius 1 is 1.12 bits per heavy atom. The third-order valence-electron chi connectivity index (χ3n) is 3.88. The number of anilines is 2. The molecule has 0 atom stereocenters. The van der Waals surface area contributed by atoms with Crippen molar-refractivity contribution in [1.82, 2.24) is 0 Å². The molecule has 2 amide bonds. The van der Waals surface area contributed by atoms with Gasteiger partial charge >= 0.3 is 0 Å². The van der Waals surface area contributed by atoms with Gasteiger partial charge < -0.3 is 10.6 Å². The number of carbonyl (C=O) groups is 2. The van der Waals surface area contributed by atoms with E-state index in [2.05, 4.69) is 31.4 Å². The van der Waals surface area contributed by atoms with Crippen LogP contribution in [0.15, 0.2) is 47.4 Å². The van der Waals surface area contributed by atoms with Crippen LogP contribution in [-0.2, 0) is 10.2 Å². The summed E-state index contributed by atoms with van der Waals surface area (Å²) in [5.41, 5.74) is 3.27. The highest BCUT2D eigenvalue weighted by molar-refractivity contribution is 8.00. The Morgan fingerprint density at radius 3 is 2.50 bits per heavy atom. The SMILES string of the molecule is CC(C)(C)c1ccc(C(=O)Nc2ccc3c(c2)NC(=O)CS3)cc1. The summed E-state index contributed by atoms with van der Waals surface area (Å²) in [6.07, 6.45) is 0. The van der Waals surface area contributed by atoms with Gasteiger partial charge in [0.15, 0.2) is 0 Å². The third kappa shape index (κ3) is 3.62. The topological polar surface area (TPSA) is 58.2 Å². The second kappa shape index (κ2) is 6.32. The molecule has 1 heterocycles. The number of hydrogen-bond donors (Lipinski definition) is 2. The first kappa shape index (κ1) is 16.6. The van der Waals surface area contributed by atoms with Crippen LogP contribution in [0, 0.1) is 0 Å². The van der Waals surface area contributed by atoms with E-state index in [1.54, 1.807) is 6.07 Å². The highest BCUT2D eigenvalue weighted by Crippen LogP contribution is 2.33. The first-order chi connectivity index (χ1) is 11.3. The molecular weight excluding hydrogens is 320 g/mol. The molecule has 4 nitrogen and oxygen atoms in total. The maximum Gasteiger partial charge on any atom is 0.255 e. The van der Waals surface area contributed by atoms with Crippen molar-refractivity contribution in [3.05, 3.63) is 53.6 Å². The highest BCUT2D eigenvalue weighted by atomic mass is 32.2. The van der Waals surface area contributed by atoms with E-state index >= 15 is 0 Å². The van der Waals surface area contributed by atoms with Crippen molar-refractivity contribution in [2.45, 2.75) is 31.1 Å². The molecule has 0 spiro atoms. The zero-order chi connectivity index (χ0) is 17.3. The maximum atomic E-state index is 12.4. The molecule has 0 saturated heterocycles. The fourth-order valence-corrected chi connectivity index (χ4v) is 3.27. The summed E-state index contributed by atoms with van der Waals surface area (Å²) in [5, 5.41) is 5.71. The van der Waals surface area contributed by atoms with Gasteiger partial charge in [-0.05, 0) is 41.3 Å². The normalized spacial score (nSPS) is 13.9. The predicted octanol–water partition coefficient (Wildman–Crippen LogP) is 4.28. The van der Waals surface area contributed by atoms with E-state index in [9.17, 15) is 9.59 Å². The number of hydrogen-bond acceptors (Lipinski definition) is 3. The molecule has 1 aliphatic heterocycles. The lowest BCUT2D eigenvalue weighted by Crippen LogP contribution is -2.19. The molecule has 124 valence electrons. The molecule has 1 aliphatic rings. The Labute approximate surface area is 146 Å². The molecule has 0 aliphatic carbocycles. The lowest BCUT2D eigenvalue weighted by Gasteiger charge is -2.19. The van der Waals surface area contributed by atoms with Gasteiger partial charge in [0.1, 0.15) is 0 Å². The van der Waals surface area contributed by atoms with Gasteiger partial charge in [-0.25, -0.2) is 0 Å². The fraction of sp³-hybridized carbons (Fsp3) is 0.263. The van der Waals surface area contributed by atoms with Crippen LogP contribution >= 0.6 is 11.8 Å². The molecule has 24 heavy (non-hydrogen) atoms. The highest BCUT2D eigenvalue weighted by Gasteiger charge is 2.17. The molecule has 0 aromatic heterocycles. The molecule has 2 aromatic carbocycles. The summed E-state index contributed by atoms with van der Waals surface area (Å²) < 4.78 is 0. The van der Waals surface area contributed by atoms with Crippen LogP contribution in [0.5, 0.6) is 0 Å². The lowest BCUT2D eigenvalue weighted by atomic mass is 9.87. The van der Waals surface area contributed by atoms with Crippen molar-refractivity contribution in [2.75, 3.05) is 16.4 Å². The summed E-state index contributed by atoms with van der Waals surface area (Å²) in [7, 11) is 0. The Bertz CT molecular complexity index is 792. The van der Waals surface area contributed by atoms with E-state index in [0.717, 1.165) is 10.6 Å². The van der Waals surface area contributed by atoms with Gasteiger partial charge in [0.25, 0.3) is 5.91 Å². The minimum absolute atomic E-state index is 0.0197. The van der Waals surface area contributed by atoms with Crippen molar-refractivity contribution >= 4 is 35.0 Å². The van der Waals surface area contributed by atoms with E-state index in [4.69, 9.17) is 0 Å². The average molecular weight is 340 g/mol. The largest absolute Gasteiger partial charge is 0.324 e. The maximum absolute atomic E-state index is 12.4. The van der Waals surface area contributed by atoms with Gasteiger partial charge in [0, 0.05) is 16.1 Å². The zero-order valence-corrected chi connectivity index (χ0v) is 14.8. The minimum Gasteiger partial charge on any atom is -0.324 e. The summed E-state index contributed by atoms with van der Waals surface area (Å²) >= 11 is 1.50. The molecule has 0 fully saturated rings. The van der Waals surface area contributed by atoms with Gasteiger partial charge in [-0.2, -0.15) is 0 Å². The van der Waals surface area contributed by atoms with Crippen molar-refractivity contribution in [3.8, 4) is 0 Å². The quantitative estimate of drug-likeness (QED) is 0.858. The van der Waals surface area contributed by atoms with E-state index in [1.807, 2.05) is 36.4 Å². The Morgan fingerprint density at radius 2 is 1.83 bits per heavy atom. The molecule has 2 N–H and O–H groups in total. The Balaban J connectivity index is 1.75. The van der Waals surface area contributed by atoms with Crippen LogP contribution in [0.2, 0.25) is 0 Å². The average Bonchev–Trinajstić information content (AvgIpc) is 2.53. The number of carbonyl (C=O) groups excluding carboxylic acids is 2. The first-order valence-electron chi connectivity index (χ1n) is 7.81. The molecule has 0 saturated carbocycles. The van der Waals surface area contributed by atoms with Crippen LogP contribution in [0.25, 0.3) is 0 Å². The monoisotopic (exact) mass is 340 g/mol. The summed E-state index contributed by atoms with van der Waals surface area (Å²) in [4.78, 5) is 24.9. The van der Waals surface area contributed by atoms with Gasteiger partial charge in [-0.15, -0.1) is 11.8 Å². The van der Waals surface area contributed by atoms with Crippen LogP contribution < -0.4 is 10.6 Å². The first-order valence-corrected chi connectivity index (χ1v) is 8.80. The number of nitrogens with one attached hydrogen (secondary N) is 2. The zero-order valence-electron chi connectivity index (χ0n) is 14.0. The molecule has 2 aromatic rings. The molecule has 0 unspecified atom stereocenters. The van der Waals surface area contributed by atoms with Crippen LogP contribution in [0.1, 0.15) is 36.7 Å². The number of amides is 2. The second-order valence-electron chi connectivity index (χ2n) is 6.83. The standard InChI is InChI=1S/C19H20N2O2S/c1-19(2,3)13-6-4-12(5-7-13)18(23)20-14-8-9-16-15(10-14)21-17(22)11-24-16/h4-10H,11H2,1-3H3,(H,20,23)(H,21,22). The van der Waals surface area contributed by atoms with Crippen LogP contribution in [0.4, 0.5) is 11.4 Å². The summed E-state index contributed by atoms with van der Waals surface area (Å²) in [6, 6.07) is 13.2. The van der Waals surface area contributed by atoms with Crippen molar-refractivity contribution in [2.24, 2.45) is 0 Å². The fourth-order valence-electron chi connectivity index (χ4n) is 2.49. The number of thioether (sulfide) groups is 1. The van der Waals surface area contributed by atoms with Crippen molar-refractivity contribution in [3.63, 3.8) is 0 Å². The predicted molar refractivity (Wildman–Crippen MR) is 98.9 cm³/mol. The Kier molecular flexibility index (Phi) is 4.37. The molecule has 0 radical (unpaired) electrons. The third-order valence-corrected chi connectivity index (χ3v) is 4.96. The lowest BCUT2D eigenvalue weighted by molar-refractivity contribution is -0.113. The van der Waals surface area contributed by atoms with Crippen LogP contribution in [-0.4, -0.2) is 17.6 Å². The summed E-state index contributed by atoms with van der Waals surface area (Å²) in [5.74, 6) is 0.248. The smallest absolute Gasteiger partial charge is 0.255 e. The molecule has 3 rings (SSSR count). The molecule has 5 heteroatoms. The van der Waals surface area contributed by atoms with Crippen molar-refractivity contribution in [1.29, 1.82) is 0 Å². The van der Waals surface area contributed by atoms with Gasteiger partial charge in [-0.1, -0.05) is 32.9 Å². The minimum atomic E-state index is -0.162. The van der Waals surface area contributed by atoms with Crippen molar-refractivity contribution < 1.29 is 9.59 Å². The van der Waals surface area contributed by atoms with Gasteiger partial charge in [0.2, 0.25) is 5.91 Å². The number of benzene rings is 2. The number of rotatable bonds is 2. The molecule has 0 bridgehead atoms. The van der Waals surface area contributed by atoms with E-state index in [0.29, 0.717) is 17.0 Å². The summed E-state index contributed by atoms with van der Waals surface area (Å²) in [6.45, 7) is 6.42. The van der Waals surface area contributed by atoms with E-state index in [-0.39, 0.29) is 17.2 Å². The Hall–Kier alpha value is -2.27. The van der Waals surface area contributed by atoms with Crippen LogP contribution in [0.3, 0.4) is 0 Å². The molecular formula is C19H20N2O2S. The van der Waals surface area contributed by atoms with Gasteiger partial charge in [-0.3, -0.25) is 9.59 Å². The van der Waals surface area contributed by atoms with E-state index in [1.165, 1.54) is 17.3 Å².